The number of hydrogen-bond acceptors (Lipinski definition) is 6. The maximum Gasteiger partial charge on any atom is 0.243 e. The number of rotatable bonds is 9. The summed E-state index contributed by atoms with van der Waals surface area (Å²) in [6.07, 6.45) is 7.32. The molecule has 7 nitrogen and oxygen atoms in total. The van der Waals surface area contributed by atoms with Crippen LogP contribution in [0, 0.1) is 0 Å². The highest BCUT2D eigenvalue weighted by molar-refractivity contribution is 7.89. The van der Waals surface area contributed by atoms with Crippen molar-refractivity contribution in [3.8, 4) is 0 Å². The number of amides is 1. The molecule has 158 valence electrons. The third-order valence-corrected chi connectivity index (χ3v) is 7.76. The minimum absolute atomic E-state index is 0.161. The lowest BCUT2D eigenvalue weighted by Gasteiger charge is -2.25. The fourth-order valence-corrected chi connectivity index (χ4v) is 5.63. The average molecular weight is 437 g/mol. The third-order valence-electron chi connectivity index (χ3n) is 4.95. The van der Waals surface area contributed by atoms with Crippen LogP contribution in [-0.2, 0) is 27.7 Å². The SMILES string of the molecule is CCCCCc1nnc(NC(=O)Cc2ccc(S(=O)(=O)N3CCCCC3)cc2)s1. The van der Waals surface area contributed by atoms with Crippen molar-refractivity contribution in [1.82, 2.24) is 14.5 Å². The number of unbranched alkanes of at least 4 members (excludes halogenated alkanes) is 2. The van der Waals surface area contributed by atoms with E-state index in [2.05, 4.69) is 22.4 Å². The van der Waals surface area contributed by atoms with Gasteiger partial charge in [0.25, 0.3) is 0 Å². The quantitative estimate of drug-likeness (QED) is 0.606. The fraction of sp³-hybridized carbons (Fsp3) is 0.550. The molecule has 1 saturated heterocycles. The van der Waals surface area contributed by atoms with E-state index in [1.54, 1.807) is 28.6 Å². The largest absolute Gasteiger partial charge is 0.300 e. The van der Waals surface area contributed by atoms with Crippen LogP contribution < -0.4 is 5.32 Å². The Hall–Kier alpha value is -1.84. The van der Waals surface area contributed by atoms with Gasteiger partial charge in [-0.1, -0.05) is 49.7 Å². The molecule has 1 aliphatic rings. The molecule has 1 aromatic heterocycles. The Balaban J connectivity index is 1.54. The highest BCUT2D eigenvalue weighted by atomic mass is 32.2. The van der Waals surface area contributed by atoms with Gasteiger partial charge in [0.2, 0.25) is 21.1 Å². The summed E-state index contributed by atoms with van der Waals surface area (Å²) in [7, 11) is -3.45. The lowest BCUT2D eigenvalue weighted by atomic mass is 10.1. The summed E-state index contributed by atoms with van der Waals surface area (Å²) in [6, 6.07) is 6.58. The lowest BCUT2D eigenvalue weighted by Crippen LogP contribution is -2.35. The Labute approximate surface area is 176 Å². The van der Waals surface area contributed by atoms with E-state index in [9.17, 15) is 13.2 Å². The molecule has 0 bridgehead atoms. The Kier molecular flexibility index (Phi) is 7.74. The summed E-state index contributed by atoms with van der Waals surface area (Å²) in [4.78, 5) is 12.6. The van der Waals surface area contributed by atoms with Crippen LogP contribution in [0.5, 0.6) is 0 Å². The van der Waals surface area contributed by atoms with Crippen LogP contribution in [0.2, 0.25) is 0 Å². The number of benzene rings is 1. The number of sulfonamides is 1. The van der Waals surface area contributed by atoms with Gasteiger partial charge in [-0.2, -0.15) is 4.31 Å². The van der Waals surface area contributed by atoms with Crippen molar-refractivity contribution in [3.05, 3.63) is 34.8 Å². The zero-order chi connectivity index (χ0) is 20.7. The number of piperidine rings is 1. The number of anilines is 1. The van der Waals surface area contributed by atoms with Crippen LogP contribution in [0.1, 0.15) is 56.0 Å². The molecule has 29 heavy (non-hydrogen) atoms. The Bertz CT molecular complexity index is 904. The first-order valence-electron chi connectivity index (χ1n) is 10.2. The smallest absolute Gasteiger partial charge is 0.243 e. The topological polar surface area (TPSA) is 92.3 Å². The molecule has 0 unspecified atom stereocenters. The molecule has 0 saturated carbocycles. The van der Waals surface area contributed by atoms with Gasteiger partial charge in [0.1, 0.15) is 5.01 Å². The van der Waals surface area contributed by atoms with Crippen molar-refractivity contribution in [2.75, 3.05) is 18.4 Å². The summed E-state index contributed by atoms with van der Waals surface area (Å²) < 4.78 is 26.9. The third kappa shape index (κ3) is 6.07. The van der Waals surface area contributed by atoms with Crippen LogP contribution in [0.25, 0.3) is 0 Å². The Morgan fingerprint density at radius 1 is 1.10 bits per heavy atom. The van der Waals surface area contributed by atoms with Gasteiger partial charge in [0.05, 0.1) is 11.3 Å². The van der Waals surface area contributed by atoms with Gasteiger partial charge in [-0.15, -0.1) is 10.2 Å². The molecular weight excluding hydrogens is 408 g/mol. The molecule has 0 spiro atoms. The number of aromatic nitrogens is 2. The lowest BCUT2D eigenvalue weighted by molar-refractivity contribution is -0.115. The van der Waals surface area contributed by atoms with Crippen LogP contribution in [-0.4, -0.2) is 41.9 Å². The van der Waals surface area contributed by atoms with E-state index in [4.69, 9.17) is 0 Å². The summed E-state index contributed by atoms with van der Waals surface area (Å²) in [5, 5.41) is 12.4. The highest BCUT2D eigenvalue weighted by Gasteiger charge is 2.25. The summed E-state index contributed by atoms with van der Waals surface area (Å²) in [5.41, 5.74) is 0.757. The van der Waals surface area contributed by atoms with Crippen molar-refractivity contribution in [1.29, 1.82) is 0 Å². The number of hydrogen-bond donors (Lipinski definition) is 1. The van der Waals surface area contributed by atoms with Crippen LogP contribution in [0.4, 0.5) is 5.13 Å². The first-order chi connectivity index (χ1) is 14.0. The van der Waals surface area contributed by atoms with E-state index in [-0.39, 0.29) is 17.2 Å². The summed E-state index contributed by atoms with van der Waals surface area (Å²) in [6.45, 7) is 3.31. The van der Waals surface area contributed by atoms with E-state index >= 15 is 0 Å². The molecule has 3 rings (SSSR count). The molecule has 9 heteroatoms. The zero-order valence-corrected chi connectivity index (χ0v) is 18.4. The molecule has 1 fully saturated rings. The van der Waals surface area contributed by atoms with Gasteiger partial charge >= 0.3 is 0 Å². The van der Waals surface area contributed by atoms with E-state index in [0.29, 0.717) is 18.2 Å². The number of nitrogens with one attached hydrogen (secondary N) is 1. The Morgan fingerprint density at radius 2 is 1.83 bits per heavy atom. The van der Waals surface area contributed by atoms with E-state index in [0.717, 1.165) is 55.5 Å². The van der Waals surface area contributed by atoms with Gasteiger partial charge in [0, 0.05) is 19.5 Å². The van der Waals surface area contributed by atoms with Gasteiger partial charge in [-0.25, -0.2) is 8.42 Å². The van der Waals surface area contributed by atoms with Crippen LogP contribution in [0.3, 0.4) is 0 Å². The molecule has 1 amide bonds. The molecule has 2 heterocycles. The Morgan fingerprint density at radius 3 is 2.52 bits per heavy atom. The number of nitrogens with zero attached hydrogens (tertiary/aromatic N) is 3. The number of carbonyl (C=O) groups excluding carboxylic acids is 1. The van der Waals surface area contributed by atoms with Crippen molar-refractivity contribution < 1.29 is 13.2 Å². The minimum Gasteiger partial charge on any atom is -0.300 e. The van der Waals surface area contributed by atoms with E-state index in [1.807, 2.05) is 0 Å². The second kappa shape index (κ2) is 10.3. The predicted octanol–water partition coefficient (Wildman–Crippen LogP) is 3.63. The maximum absolute atomic E-state index is 12.7. The molecule has 0 radical (unpaired) electrons. The monoisotopic (exact) mass is 436 g/mol. The molecule has 1 N–H and O–H groups in total. The van der Waals surface area contributed by atoms with Crippen molar-refractivity contribution in [2.45, 2.75) is 63.2 Å². The van der Waals surface area contributed by atoms with Crippen LogP contribution >= 0.6 is 11.3 Å². The van der Waals surface area contributed by atoms with E-state index < -0.39 is 10.0 Å². The van der Waals surface area contributed by atoms with Crippen molar-refractivity contribution >= 4 is 32.4 Å². The second-order valence-electron chi connectivity index (χ2n) is 7.29. The number of carbonyl (C=O) groups is 1. The predicted molar refractivity (Wildman–Crippen MR) is 115 cm³/mol. The molecular formula is C20H28N4O3S2. The molecule has 1 aromatic carbocycles. The van der Waals surface area contributed by atoms with E-state index in [1.165, 1.54) is 11.3 Å². The first kappa shape index (κ1) is 21.9. The fourth-order valence-electron chi connectivity index (χ4n) is 3.31. The molecule has 0 atom stereocenters. The minimum atomic E-state index is -3.45. The normalized spacial score (nSPS) is 15.3. The van der Waals surface area contributed by atoms with Gasteiger partial charge in [0.15, 0.2) is 0 Å². The van der Waals surface area contributed by atoms with Gasteiger partial charge in [-0.05, 0) is 37.0 Å². The molecule has 0 aliphatic carbocycles. The van der Waals surface area contributed by atoms with Crippen molar-refractivity contribution in [3.63, 3.8) is 0 Å². The number of aryl methyl sites for hydroxylation is 1. The van der Waals surface area contributed by atoms with Crippen molar-refractivity contribution in [2.24, 2.45) is 0 Å². The summed E-state index contributed by atoms with van der Waals surface area (Å²) in [5.74, 6) is -0.187. The average Bonchev–Trinajstić information content (AvgIpc) is 3.16. The first-order valence-corrected chi connectivity index (χ1v) is 12.5. The van der Waals surface area contributed by atoms with Gasteiger partial charge < -0.3 is 5.32 Å². The summed E-state index contributed by atoms with van der Waals surface area (Å²) >= 11 is 1.40. The second-order valence-corrected chi connectivity index (χ2v) is 10.3. The molecule has 2 aromatic rings. The standard InChI is InChI=1S/C20H28N4O3S2/c1-2-3-5-8-19-22-23-20(28-19)21-18(25)15-16-9-11-17(12-10-16)29(26,27)24-13-6-4-7-14-24/h9-12H,2-8,13-15H2,1H3,(H,21,23,25). The highest BCUT2D eigenvalue weighted by Crippen LogP contribution is 2.21. The maximum atomic E-state index is 12.7. The van der Waals surface area contributed by atoms with Gasteiger partial charge in [-0.3, -0.25) is 4.79 Å². The van der Waals surface area contributed by atoms with Crippen LogP contribution in [0.15, 0.2) is 29.2 Å². The molecule has 1 aliphatic heterocycles. The zero-order valence-electron chi connectivity index (χ0n) is 16.8.